The maximum Gasteiger partial charge on any atom is 0.0648 e. The molecule has 0 fully saturated rings. The minimum atomic E-state index is 0.216. The summed E-state index contributed by atoms with van der Waals surface area (Å²) in [6.07, 6.45) is 5.69. The van der Waals surface area contributed by atoms with E-state index in [1.54, 1.807) is 6.20 Å². The Balaban J connectivity index is 1.42. The number of hydrogen-bond acceptors (Lipinski definition) is 3. The van der Waals surface area contributed by atoms with Crippen LogP contribution in [0.2, 0.25) is 0 Å². The van der Waals surface area contributed by atoms with Crippen molar-refractivity contribution in [2.75, 3.05) is 0 Å². The van der Waals surface area contributed by atoms with E-state index in [0.717, 1.165) is 23.6 Å². The molecule has 4 aromatic rings. The molecule has 0 amide bonds. The van der Waals surface area contributed by atoms with Gasteiger partial charge in [-0.3, -0.25) is 0 Å². The lowest BCUT2D eigenvalue weighted by Crippen LogP contribution is -2.18. The minimum absolute atomic E-state index is 0.216. The van der Waals surface area contributed by atoms with E-state index in [0.29, 0.717) is 0 Å². The Morgan fingerprint density at radius 2 is 1.70 bits per heavy atom. The van der Waals surface area contributed by atoms with Gasteiger partial charge in [-0.15, -0.1) is 0 Å². The van der Waals surface area contributed by atoms with Crippen LogP contribution in [-0.4, -0.2) is 19.6 Å². The molecule has 1 atom stereocenters. The lowest BCUT2D eigenvalue weighted by molar-refractivity contribution is 0.571. The molecule has 2 aromatic carbocycles. The molecule has 2 aromatic heterocycles. The van der Waals surface area contributed by atoms with E-state index in [2.05, 4.69) is 65.8 Å². The molecule has 0 saturated carbocycles. The number of nitrogens with zero attached hydrogens (tertiary/aromatic N) is 4. The zero-order valence-corrected chi connectivity index (χ0v) is 15.6. The summed E-state index contributed by atoms with van der Waals surface area (Å²) in [7, 11) is 0. The first-order valence-corrected chi connectivity index (χ1v) is 9.14. The molecule has 0 radical (unpaired) electrons. The van der Waals surface area contributed by atoms with Crippen molar-refractivity contribution in [1.82, 2.24) is 24.9 Å². The number of hydrogen-bond donors (Lipinski definition) is 1. The van der Waals surface area contributed by atoms with Crippen LogP contribution >= 0.6 is 0 Å². The lowest BCUT2D eigenvalue weighted by atomic mass is 10.1. The average molecular weight is 357 g/mol. The van der Waals surface area contributed by atoms with Crippen molar-refractivity contribution in [3.05, 3.63) is 96.1 Å². The smallest absolute Gasteiger partial charge is 0.0648 e. The first-order chi connectivity index (χ1) is 13.2. The predicted octanol–water partition coefficient (Wildman–Crippen LogP) is 4.22. The van der Waals surface area contributed by atoms with Gasteiger partial charge in [0, 0.05) is 36.2 Å². The van der Waals surface area contributed by atoms with Crippen molar-refractivity contribution in [1.29, 1.82) is 0 Å². The van der Waals surface area contributed by atoms with Gasteiger partial charge in [-0.05, 0) is 49.7 Å². The number of rotatable bonds is 6. The molecule has 0 aliphatic heterocycles. The molecule has 136 valence electrons. The summed E-state index contributed by atoms with van der Waals surface area (Å²) in [5, 5.41) is 12.4. The number of nitrogens with one attached hydrogen (secondary N) is 1. The molecule has 5 heteroatoms. The highest BCUT2D eigenvalue weighted by Crippen LogP contribution is 2.20. The fraction of sp³-hybridized carbons (Fsp3) is 0.182. The SMILES string of the molecule is Cc1c([C@H](C)NCc2ccc(-n3cccn3)cc2)cnn1-c1ccccc1. The third-order valence-corrected chi connectivity index (χ3v) is 4.83. The van der Waals surface area contributed by atoms with Crippen molar-refractivity contribution in [2.24, 2.45) is 0 Å². The molecule has 0 saturated heterocycles. The molecule has 2 heterocycles. The fourth-order valence-electron chi connectivity index (χ4n) is 3.25. The molecule has 4 rings (SSSR count). The van der Waals surface area contributed by atoms with Crippen LogP contribution in [0.3, 0.4) is 0 Å². The number of benzene rings is 2. The van der Waals surface area contributed by atoms with Crippen molar-refractivity contribution >= 4 is 0 Å². The summed E-state index contributed by atoms with van der Waals surface area (Å²) in [6.45, 7) is 5.10. The topological polar surface area (TPSA) is 47.7 Å². The zero-order valence-electron chi connectivity index (χ0n) is 15.6. The van der Waals surface area contributed by atoms with Gasteiger partial charge in [0.05, 0.1) is 17.6 Å². The maximum atomic E-state index is 4.57. The van der Waals surface area contributed by atoms with Gasteiger partial charge in [-0.2, -0.15) is 10.2 Å². The highest BCUT2D eigenvalue weighted by molar-refractivity contribution is 5.36. The maximum absolute atomic E-state index is 4.57. The Kier molecular flexibility index (Phi) is 4.85. The second-order valence-corrected chi connectivity index (χ2v) is 6.65. The fourth-order valence-corrected chi connectivity index (χ4v) is 3.25. The molecular weight excluding hydrogens is 334 g/mol. The highest BCUT2D eigenvalue weighted by Gasteiger charge is 2.14. The third-order valence-electron chi connectivity index (χ3n) is 4.83. The van der Waals surface area contributed by atoms with E-state index in [9.17, 15) is 0 Å². The molecule has 27 heavy (non-hydrogen) atoms. The minimum Gasteiger partial charge on any atom is -0.306 e. The number of para-hydroxylation sites is 1. The van der Waals surface area contributed by atoms with E-state index < -0.39 is 0 Å². The quantitative estimate of drug-likeness (QED) is 0.562. The van der Waals surface area contributed by atoms with Gasteiger partial charge in [-0.25, -0.2) is 9.36 Å². The van der Waals surface area contributed by atoms with Gasteiger partial charge in [0.25, 0.3) is 0 Å². The van der Waals surface area contributed by atoms with Crippen LogP contribution in [-0.2, 0) is 6.54 Å². The summed E-state index contributed by atoms with van der Waals surface area (Å²) in [6, 6.07) is 20.8. The van der Waals surface area contributed by atoms with Crippen molar-refractivity contribution in [3.63, 3.8) is 0 Å². The van der Waals surface area contributed by atoms with Gasteiger partial charge < -0.3 is 5.32 Å². The molecule has 0 spiro atoms. The summed E-state index contributed by atoms with van der Waals surface area (Å²) in [5.74, 6) is 0. The van der Waals surface area contributed by atoms with Crippen LogP contribution in [0.25, 0.3) is 11.4 Å². The van der Waals surface area contributed by atoms with Crippen LogP contribution in [0.4, 0.5) is 0 Å². The summed E-state index contributed by atoms with van der Waals surface area (Å²) in [5.41, 5.74) is 5.77. The van der Waals surface area contributed by atoms with Gasteiger partial charge >= 0.3 is 0 Å². The second kappa shape index (κ2) is 7.60. The lowest BCUT2D eigenvalue weighted by Gasteiger charge is -2.14. The molecule has 0 unspecified atom stereocenters. The third kappa shape index (κ3) is 3.68. The van der Waals surface area contributed by atoms with Crippen LogP contribution in [0.15, 0.2) is 79.3 Å². The summed E-state index contributed by atoms with van der Waals surface area (Å²) in [4.78, 5) is 0. The zero-order chi connectivity index (χ0) is 18.6. The van der Waals surface area contributed by atoms with Crippen molar-refractivity contribution < 1.29 is 0 Å². The summed E-state index contributed by atoms with van der Waals surface area (Å²) < 4.78 is 3.85. The second-order valence-electron chi connectivity index (χ2n) is 6.65. The van der Waals surface area contributed by atoms with Gasteiger partial charge in [0.1, 0.15) is 0 Å². The van der Waals surface area contributed by atoms with Crippen molar-refractivity contribution in [3.8, 4) is 11.4 Å². The van der Waals surface area contributed by atoms with Crippen LogP contribution < -0.4 is 5.32 Å². The summed E-state index contributed by atoms with van der Waals surface area (Å²) >= 11 is 0. The largest absolute Gasteiger partial charge is 0.306 e. The van der Waals surface area contributed by atoms with E-state index in [-0.39, 0.29) is 6.04 Å². The van der Waals surface area contributed by atoms with E-state index in [1.165, 1.54) is 11.1 Å². The highest BCUT2D eigenvalue weighted by atomic mass is 15.3. The normalized spacial score (nSPS) is 12.2. The van der Waals surface area contributed by atoms with Crippen LogP contribution in [0.1, 0.15) is 29.8 Å². The van der Waals surface area contributed by atoms with Crippen LogP contribution in [0.5, 0.6) is 0 Å². The molecule has 1 N–H and O–H groups in total. The Morgan fingerprint density at radius 3 is 2.41 bits per heavy atom. The average Bonchev–Trinajstić information content (AvgIpc) is 3.37. The van der Waals surface area contributed by atoms with E-state index in [1.807, 2.05) is 46.0 Å². The Hall–Kier alpha value is -3.18. The molecule has 0 bridgehead atoms. The van der Waals surface area contributed by atoms with Gasteiger partial charge in [-0.1, -0.05) is 30.3 Å². The molecular formula is C22H23N5. The molecule has 0 aliphatic rings. The first kappa shape index (κ1) is 17.2. The first-order valence-electron chi connectivity index (χ1n) is 9.14. The van der Waals surface area contributed by atoms with E-state index >= 15 is 0 Å². The Bertz CT molecular complexity index is 985. The van der Waals surface area contributed by atoms with Crippen molar-refractivity contribution in [2.45, 2.75) is 26.4 Å². The van der Waals surface area contributed by atoms with Gasteiger partial charge in [0.2, 0.25) is 0 Å². The molecule has 5 nitrogen and oxygen atoms in total. The monoisotopic (exact) mass is 357 g/mol. The van der Waals surface area contributed by atoms with E-state index in [4.69, 9.17) is 0 Å². The Morgan fingerprint density at radius 1 is 0.926 bits per heavy atom. The van der Waals surface area contributed by atoms with Gasteiger partial charge in [0.15, 0.2) is 0 Å². The predicted molar refractivity (Wildman–Crippen MR) is 107 cm³/mol. The Labute approximate surface area is 159 Å². The number of aromatic nitrogens is 4. The van der Waals surface area contributed by atoms with Crippen LogP contribution in [0, 0.1) is 6.92 Å². The standard InChI is InChI=1S/C22H23N5/c1-17(22-16-25-27(18(22)2)21-7-4-3-5-8-21)23-15-19-9-11-20(12-10-19)26-14-6-13-24-26/h3-14,16-17,23H,15H2,1-2H3/t17-/m0/s1. The molecule has 0 aliphatic carbocycles.